The molecule has 1 rings (SSSR count). The number of carbonyl (C=O) groups is 1. The fourth-order valence-electron chi connectivity index (χ4n) is 1.16. The molecule has 0 amide bonds. The average molecular weight is 180 g/mol. The predicted molar refractivity (Wildman–Crippen MR) is 47.3 cm³/mol. The average Bonchev–Trinajstić information content (AvgIpc) is 2.09. The monoisotopic (exact) mass is 180 g/mol. The third-order valence-electron chi connectivity index (χ3n) is 1.88. The van der Waals surface area contributed by atoms with Crippen LogP contribution in [0.5, 0.6) is 0 Å². The minimum atomic E-state index is -0.842. The van der Waals surface area contributed by atoms with Gasteiger partial charge >= 0.3 is 5.97 Å². The predicted octanol–water partition coefficient (Wildman–Crippen LogP) is 1.00. The van der Waals surface area contributed by atoms with Crippen molar-refractivity contribution in [2.45, 2.75) is 19.4 Å². The van der Waals surface area contributed by atoms with Crippen molar-refractivity contribution in [1.29, 1.82) is 5.41 Å². The zero-order valence-electron chi connectivity index (χ0n) is 7.40. The lowest BCUT2D eigenvalue weighted by atomic mass is 10.2. The van der Waals surface area contributed by atoms with Gasteiger partial charge in [-0.25, -0.2) is 4.79 Å². The van der Waals surface area contributed by atoms with Gasteiger partial charge < -0.3 is 15.1 Å². The minimum Gasteiger partial charge on any atom is -0.480 e. The van der Waals surface area contributed by atoms with E-state index in [1.807, 2.05) is 6.92 Å². The van der Waals surface area contributed by atoms with Gasteiger partial charge in [-0.3, -0.25) is 0 Å². The lowest BCUT2D eigenvalue weighted by molar-refractivity contribution is -0.141. The summed E-state index contributed by atoms with van der Waals surface area (Å²) >= 11 is 0. The molecule has 0 aliphatic rings. The highest BCUT2D eigenvalue weighted by Crippen LogP contribution is 2.09. The summed E-state index contributed by atoms with van der Waals surface area (Å²) in [4.78, 5) is 10.7. The molecule has 13 heavy (non-hydrogen) atoms. The van der Waals surface area contributed by atoms with Crippen LogP contribution >= 0.6 is 0 Å². The molecule has 1 aromatic rings. The Bertz CT molecular complexity index is 336. The topological polar surface area (TPSA) is 66.1 Å². The van der Waals surface area contributed by atoms with E-state index in [1.54, 1.807) is 29.1 Å². The Morgan fingerprint density at radius 2 is 2.15 bits per heavy atom. The van der Waals surface area contributed by atoms with Crippen molar-refractivity contribution in [3.05, 3.63) is 29.9 Å². The van der Waals surface area contributed by atoms with Crippen LogP contribution in [0.1, 0.15) is 19.4 Å². The molecule has 1 unspecified atom stereocenters. The first-order valence-corrected chi connectivity index (χ1v) is 4.10. The normalized spacial score (nSPS) is 12.4. The van der Waals surface area contributed by atoms with Gasteiger partial charge in [-0.05, 0) is 18.6 Å². The van der Waals surface area contributed by atoms with Crippen molar-refractivity contribution in [3.63, 3.8) is 0 Å². The second kappa shape index (κ2) is 3.89. The number of carboxylic acids is 1. The fourth-order valence-corrected chi connectivity index (χ4v) is 1.16. The summed E-state index contributed by atoms with van der Waals surface area (Å²) in [5.74, 6) is -0.842. The molecule has 1 heterocycles. The van der Waals surface area contributed by atoms with Crippen LogP contribution in [0.2, 0.25) is 0 Å². The molecule has 0 saturated carbocycles. The number of hydrogen-bond acceptors (Lipinski definition) is 2. The summed E-state index contributed by atoms with van der Waals surface area (Å²) in [6.45, 7) is 1.82. The van der Waals surface area contributed by atoms with Crippen molar-refractivity contribution >= 4 is 5.97 Å². The van der Waals surface area contributed by atoms with E-state index in [2.05, 4.69) is 0 Å². The van der Waals surface area contributed by atoms with Gasteiger partial charge in [-0.1, -0.05) is 6.92 Å². The number of aliphatic carboxylic acids is 1. The highest BCUT2D eigenvalue weighted by molar-refractivity contribution is 5.71. The number of hydrogen-bond donors (Lipinski definition) is 2. The Morgan fingerprint density at radius 3 is 2.54 bits per heavy atom. The van der Waals surface area contributed by atoms with E-state index in [0.717, 1.165) is 0 Å². The molecule has 4 nitrogen and oxygen atoms in total. The van der Waals surface area contributed by atoms with Crippen LogP contribution < -0.4 is 5.36 Å². The molecule has 70 valence electrons. The van der Waals surface area contributed by atoms with Gasteiger partial charge in [0.25, 0.3) is 0 Å². The summed E-state index contributed by atoms with van der Waals surface area (Å²) in [6.07, 6.45) is 3.77. The molecule has 0 aliphatic carbocycles. The smallest absolute Gasteiger partial charge is 0.326 e. The van der Waals surface area contributed by atoms with Gasteiger partial charge in [-0.15, -0.1) is 0 Å². The molecule has 2 N–H and O–H groups in total. The molecule has 0 saturated heterocycles. The van der Waals surface area contributed by atoms with Gasteiger partial charge in [0.05, 0.1) is 5.36 Å². The number of pyridine rings is 1. The zero-order valence-corrected chi connectivity index (χ0v) is 7.40. The molecular formula is C9H12N2O2. The van der Waals surface area contributed by atoms with E-state index in [4.69, 9.17) is 10.5 Å². The maximum atomic E-state index is 10.7. The Morgan fingerprint density at radius 1 is 1.62 bits per heavy atom. The van der Waals surface area contributed by atoms with Crippen molar-refractivity contribution in [3.8, 4) is 0 Å². The molecule has 0 fully saturated rings. The van der Waals surface area contributed by atoms with Crippen LogP contribution in [0.25, 0.3) is 0 Å². The number of aromatic nitrogens is 1. The lowest BCUT2D eigenvalue weighted by Gasteiger charge is -2.13. The number of rotatable bonds is 3. The maximum Gasteiger partial charge on any atom is 0.326 e. The quantitative estimate of drug-likeness (QED) is 0.728. The number of nitrogens with one attached hydrogen (secondary N) is 1. The van der Waals surface area contributed by atoms with Gasteiger partial charge in [0.15, 0.2) is 0 Å². The molecule has 1 atom stereocenters. The Balaban J connectivity index is 2.99. The summed E-state index contributed by atoms with van der Waals surface area (Å²) in [5, 5.41) is 16.5. The van der Waals surface area contributed by atoms with Crippen LogP contribution in [0.4, 0.5) is 0 Å². The van der Waals surface area contributed by atoms with Crippen LogP contribution in [0.15, 0.2) is 24.5 Å². The van der Waals surface area contributed by atoms with Gasteiger partial charge in [0.1, 0.15) is 6.04 Å². The molecule has 0 radical (unpaired) electrons. The summed E-state index contributed by atoms with van der Waals surface area (Å²) in [7, 11) is 0. The van der Waals surface area contributed by atoms with Crippen LogP contribution in [0, 0.1) is 5.41 Å². The Kier molecular flexibility index (Phi) is 2.84. The van der Waals surface area contributed by atoms with E-state index in [9.17, 15) is 4.79 Å². The number of carboxylic acid groups (broad SMARTS) is 1. The summed E-state index contributed by atoms with van der Waals surface area (Å²) in [6, 6.07) is 2.62. The highest BCUT2D eigenvalue weighted by atomic mass is 16.4. The van der Waals surface area contributed by atoms with E-state index >= 15 is 0 Å². The van der Waals surface area contributed by atoms with Crippen LogP contribution in [-0.2, 0) is 4.79 Å². The molecule has 0 spiro atoms. The largest absolute Gasteiger partial charge is 0.480 e. The standard InChI is InChI=1S/C9H12N2O2/c1-2-8(9(12)13)11-5-3-7(10)4-6-11/h3-6,8,10H,2H2,1H3,(H,12,13). The van der Waals surface area contributed by atoms with E-state index < -0.39 is 12.0 Å². The van der Waals surface area contributed by atoms with Gasteiger partial charge in [-0.2, -0.15) is 0 Å². The second-order valence-corrected chi connectivity index (χ2v) is 2.80. The first-order chi connectivity index (χ1) is 6.15. The van der Waals surface area contributed by atoms with Crippen molar-refractivity contribution < 1.29 is 9.90 Å². The second-order valence-electron chi connectivity index (χ2n) is 2.80. The molecule has 0 aliphatic heterocycles. The van der Waals surface area contributed by atoms with Crippen LogP contribution in [0.3, 0.4) is 0 Å². The Labute approximate surface area is 76.0 Å². The first kappa shape index (κ1) is 9.51. The van der Waals surface area contributed by atoms with E-state index in [-0.39, 0.29) is 0 Å². The van der Waals surface area contributed by atoms with Crippen molar-refractivity contribution in [2.24, 2.45) is 0 Å². The van der Waals surface area contributed by atoms with E-state index in [1.165, 1.54) is 0 Å². The van der Waals surface area contributed by atoms with Crippen molar-refractivity contribution in [1.82, 2.24) is 4.57 Å². The SMILES string of the molecule is CCC(C(=O)O)n1ccc(=N)cc1. The number of nitrogens with zero attached hydrogens (tertiary/aromatic N) is 1. The summed E-state index contributed by atoms with van der Waals surface area (Å²) in [5.41, 5.74) is 0. The fraction of sp³-hybridized carbons (Fsp3) is 0.333. The Hall–Kier alpha value is -1.58. The third kappa shape index (κ3) is 2.18. The first-order valence-electron chi connectivity index (χ1n) is 4.10. The minimum absolute atomic E-state index is 0.386. The zero-order chi connectivity index (χ0) is 9.84. The van der Waals surface area contributed by atoms with Crippen molar-refractivity contribution in [2.75, 3.05) is 0 Å². The van der Waals surface area contributed by atoms with E-state index in [0.29, 0.717) is 11.8 Å². The summed E-state index contributed by atoms with van der Waals surface area (Å²) < 4.78 is 1.60. The molecule has 4 heteroatoms. The molecule has 0 bridgehead atoms. The highest BCUT2D eigenvalue weighted by Gasteiger charge is 2.14. The molecule has 1 aromatic heterocycles. The van der Waals surface area contributed by atoms with Gasteiger partial charge in [0, 0.05) is 12.4 Å². The van der Waals surface area contributed by atoms with Gasteiger partial charge in [0.2, 0.25) is 0 Å². The maximum absolute atomic E-state index is 10.7. The third-order valence-corrected chi connectivity index (χ3v) is 1.88. The lowest BCUT2D eigenvalue weighted by Crippen LogP contribution is -2.18. The molecule has 0 aromatic carbocycles. The molecular weight excluding hydrogens is 168 g/mol. The van der Waals surface area contributed by atoms with Crippen LogP contribution in [-0.4, -0.2) is 15.6 Å².